The molecule has 0 atom stereocenters. The molecule has 31 heavy (non-hydrogen) atoms. The van der Waals surface area contributed by atoms with Crippen molar-refractivity contribution in [2.75, 3.05) is 6.61 Å². The van der Waals surface area contributed by atoms with Crippen LogP contribution in [0.15, 0.2) is 72.8 Å². The zero-order valence-electron chi connectivity index (χ0n) is 17.9. The second kappa shape index (κ2) is 9.88. The number of imidazole rings is 1. The molecule has 0 fully saturated rings. The Morgan fingerprint density at radius 2 is 1.65 bits per heavy atom. The van der Waals surface area contributed by atoms with Crippen LogP contribution in [-0.2, 0) is 13.2 Å². The number of halogens is 1. The van der Waals surface area contributed by atoms with Gasteiger partial charge in [-0.3, -0.25) is 0 Å². The predicted molar refractivity (Wildman–Crippen MR) is 126 cm³/mol. The predicted octanol–water partition coefficient (Wildman–Crippen LogP) is 6.86. The highest BCUT2D eigenvalue weighted by molar-refractivity contribution is 6.32. The quantitative estimate of drug-likeness (QED) is 0.270. The molecule has 0 aliphatic heterocycles. The van der Waals surface area contributed by atoms with Crippen molar-refractivity contribution in [3.8, 4) is 11.5 Å². The minimum atomic E-state index is 0.418. The maximum atomic E-state index is 6.18. The topological polar surface area (TPSA) is 36.3 Å². The van der Waals surface area contributed by atoms with Gasteiger partial charge in [-0.15, -0.1) is 0 Å². The average Bonchev–Trinajstić information content (AvgIpc) is 3.14. The third-order valence-electron chi connectivity index (χ3n) is 5.27. The van der Waals surface area contributed by atoms with Crippen molar-refractivity contribution < 1.29 is 9.47 Å². The maximum absolute atomic E-state index is 6.18. The molecule has 0 radical (unpaired) electrons. The van der Waals surface area contributed by atoms with Crippen molar-refractivity contribution in [2.45, 2.75) is 39.3 Å². The maximum Gasteiger partial charge on any atom is 0.147 e. The summed E-state index contributed by atoms with van der Waals surface area (Å²) in [6, 6.07) is 24.0. The summed E-state index contributed by atoms with van der Waals surface area (Å²) in [6.07, 6.45) is 0.835. The van der Waals surface area contributed by atoms with Gasteiger partial charge in [0.05, 0.1) is 22.7 Å². The molecule has 0 aliphatic rings. The molecule has 0 aliphatic carbocycles. The summed E-state index contributed by atoms with van der Waals surface area (Å²) in [5, 5.41) is 0.633. The van der Waals surface area contributed by atoms with Gasteiger partial charge in [-0.25, -0.2) is 4.98 Å². The van der Waals surface area contributed by atoms with E-state index in [1.807, 2.05) is 54.6 Å². The minimum absolute atomic E-state index is 0.418. The van der Waals surface area contributed by atoms with Gasteiger partial charge >= 0.3 is 0 Å². The summed E-state index contributed by atoms with van der Waals surface area (Å²) >= 11 is 6.18. The number of hydrogen-bond acceptors (Lipinski definition) is 3. The van der Waals surface area contributed by atoms with Crippen LogP contribution in [0.1, 0.15) is 37.6 Å². The number of ether oxygens (including phenoxy) is 2. The summed E-state index contributed by atoms with van der Waals surface area (Å²) < 4.78 is 14.1. The lowest BCUT2D eigenvalue weighted by atomic mass is 10.0. The molecule has 0 unspecified atom stereocenters. The van der Waals surface area contributed by atoms with E-state index in [0.717, 1.165) is 35.6 Å². The van der Waals surface area contributed by atoms with Crippen molar-refractivity contribution in [1.82, 2.24) is 9.55 Å². The Morgan fingerprint density at radius 1 is 0.903 bits per heavy atom. The molecule has 4 nitrogen and oxygen atoms in total. The molecule has 5 heteroatoms. The van der Waals surface area contributed by atoms with Crippen LogP contribution in [0, 0.1) is 0 Å². The van der Waals surface area contributed by atoms with Gasteiger partial charge in [0.15, 0.2) is 0 Å². The molecule has 0 saturated heterocycles. The molecule has 3 aromatic carbocycles. The summed E-state index contributed by atoms with van der Waals surface area (Å²) in [4.78, 5) is 4.80. The summed E-state index contributed by atoms with van der Waals surface area (Å²) in [7, 11) is 0. The Balaban J connectivity index is 1.43. The standard InChI is InChI=1S/C26H27ClN2O2/c1-19(2)20-12-14-21(15-13-20)31-18-26-28-23-9-4-5-10-24(23)29(26)16-7-17-30-25-11-6-3-8-22(25)27/h3-6,8-15,19H,7,16-18H2,1-2H3. The number of hydrogen-bond donors (Lipinski definition) is 0. The fourth-order valence-electron chi connectivity index (χ4n) is 3.55. The van der Waals surface area contributed by atoms with E-state index in [4.69, 9.17) is 26.1 Å². The first-order valence-corrected chi connectivity index (χ1v) is 11.0. The van der Waals surface area contributed by atoms with Gasteiger partial charge < -0.3 is 14.0 Å². The Morgan fingerprint density at radius 3 is 2.42 bits per heavy atom. The zero-order chi connectivity index (χ0) is 21.6. The number of aromatic nitrogens is 2. The Hall–Kier alpha value is -2.98. The molecular weight excluding hydrogens is 408 g/mol. The van der Waals surface area contributed by atoms with Gasteiger partial charge in [0, 0.05) is 6.54 Å². The van der Waals surface area contributed by atoms with Crippen LogP contribution >= 0.6 is 11.6 Å². The lowest BCUT2D eigenvalue weighted by molar-refractivity contribution is 0.280. The van der Waals surface area contributed by atoms with E-state index < -0.39 is 0 Å². The lowest BCUT2D eigenvalue weighted by Gasteiger charge is -2.12. The van der Waals surface area contributed by atoms with E-state index in [-0.39, 0.29) is 0 Å². The second-order valence-corrected chi connectivity index (χ2v) is 8.22. The molecule has 0 N–H and O–H groups in total. The van der Waals surface area contributed by atoms with Crippen LogP contribution in [0.5, 0.6) is 11.5 Å². The number of aryl methyl sites for hydroxylation is 1. The Labute approximate surface area is 188 Å². The van der Waals surface area contributed by atoms with Crippen molar-refractivity contribution in [3.05, 3.63) is 89.2 Å². The fourth-order valence-corrected chi connectivity index (χ4v) is 3.74. The number of fused-ring (bicyclic) bond motifs is 1. The third-order valence-corrected chi connectivity index (χ3v) is 5.58. The normalized spacial score (nSPS) is 11.2. The largest absolute Gasteiger partial charge is 0.492 e. The number of nitrogens with zero attached hydrogens (tertiary/aromatic N) is 2. The van der Waals surface area contributed by atoms with Crippen LogP contribution in [0.3, 0.4) is 0 Å². The molecule has 1 heterocycles. The number of benzene rings is 3. The summed E-state index contributed by atoms with van der Waals surface area (Å²) in [5.74, 6) is 2.98. The van der Waals surface area contributed by atoms with Crippen LogP contribution in [-0.4, -0.2) is 16.2 Å². The van der Waals surface area contributed by atoms with Crippen LogP contribution in [0.4, 0.5) is 0 Å². The fraction of sp³-hybridized carbons (Fsp3) is 0.269. The van der Waals surface area contributed by atoms with Gasteiger partial charge in [-0.2, -0.15) is 0 Å². The van der Waals surface area contributed by atoms with E-state index in [1.54, 1.807) is 0 Å². The minimum Gasteiger partial charge on any atom is -0.492 e. The van der Waals surface area contributed by atoms with Crippen LogP contribution in [0.25, 0.3) is 11.0 Å². The molecule has 4 aromatic rings. The first-order chi connectivity index (χ1) is 15.1. The molecule has 0 bridgehead atoms. The van der Waals surface area contributed by atoms with Gasteiger partial charge in [0.1, 0.15) is 23.9 Å². The van der Waals surface area contributed by atoms with Gasteiger partial charge in [0.25, 0.3) is 0 Å². The molecular formula is C26H27ClN2O2. The number of rotatable bonds is 9. The molecule has 0 spiro atoms. The molecule has 0 amide bonds. The van der Waals surface area contributed by atoms with E-state index >= 15 is 0 Å². The summed E-state index contributed by atoms with van der Waals surface area (Å²) in [5.41, 5.74) is 3.38. The monoisotopic (exact) mass is 434 g/mol. The van der Waals surface area contributed by atoms with Crippen molar-refractivity contribution >= 4 is 22.6 Å². The van der Waals surface area contributed by atoms with Gasteiger partial charge in [-0.1, -0.05) is 61.8 Å². The van der Waals surface area contributed by atoms with Crippen LogP contribution in [0.2, 0.25) is 5.02 Å². The van der Waals surface area contributed by atoms with E-state index in [0.29, 0.717) is 29.9 Å². The van der Waals surface area contributed by atoms with Crippen molar-refractivity contribution in [3.63, 3.8) is 0 Å². The van der Waals surface area contributed by atoms with Crippen molar-refractivity contribution in [1.29, 1.82) is 0 Å². The van der Waals surface area contributed by atoms with E-state index in [9.17, 15) is 0 Å². The Kier molecular flexibility index (Phi) is 6.78. The molecule has 4 rings (SSSR count). The summed E-state index contributed by atoms with van der Waals surface area (Å²) in [6.45, 7) is 6.16. The third kappa shape index (κ3) is 5.20. The van der Waals surface area contributed by atoms with Crippen molar-refractivity contribution in [2.24, 2.45) is 0 Å². The SMILES string of the molecule is CC(C)c1ccc(OCc2nc3ccccc3n2CCCOc2ccccc2Cl)cc1. The smallest absolute Gasteiger partial charge is 0.147 e. The van der Waals surface area contributed by atoms with Crippen LogP contribution < -0.4 is 9.47 Å². The first-order valence-electron chi connectivity index (χ1n) is 10.7. The van der Waals surface area contributed by atoms with Gasteiger partial charge in [0.2, 0.25) is 0 Å². The Bertz CT molecular complexity index is 1140. The molecule has 1 aromatic heterocycles. The first kappa shape index (κ1) is 21.3. The van der Waals surface area contributed by atoms with Gasteiger partial charge in [-0.05, 0) is 54.3 Å². The highest BCUT2D eigenvalue weighted by Crippen LogP contribution is 2.24. The molecule has 160 valence electrons. The number of para-hydroxylation sites is 3. The van der Waals surface area contributed by atoms with E-state index in [2.05, 4.69) is 36.6 Å². The highest BCUT2D eigenvalue weighted by atomic mass is 35.5. The van der Waals surface area contributed by atoms with E-state index in [1.165, 1.54) is 5.56 Å². The lowest BCUT2D eigenvalue weighted by Crippen LogP contribution is -2.10. The highest BCUT2D eigenvalue weighted by Gasteiger charge is 2.11. The molecule has 0 saturated carbocycles. The second-order valence-electron chi connectivity index (χ2n) is 7.81. The average molecular weight is 435 g/mol. The zero-order valence-corrected chi connectivity index (χ0v) is 18.7.